The maximum absolute atomic E-state index is 7.13. The van der Waals surface area contributed by atoms with Crippen LogP contribution in [0, 0.1) is 0 Å². The Bertz CT molecular complexity index is 461. The van der Waals surface area contributed by atoms with Crippen LogP contribution in [0.2, 0.25) is 0 Å². The van der Waals surface area contributed by atoms with Gasteiger partial charge in [-0.05, 0) is 12.1 Å². The van der Waals surface area contributed by atoms with Crippen molar-refractivity contribution in [3.8, 4) is 11.6 Å². The van der Waals surface area contributed by atoms with Gasteiger partial charge < -0.3 is 10.8 Å². The van der Waals surface area contributed by atoms with E-state index in [1.165, 1.54) is 10.3 Å². The molecule has 2 rings (SSSR count). The minimum atomic E-state index is 0. The van der Waals surface area contributed by atoms with E-state index in [9.17, 15) is 0 Å². The number of thiocarbonyl (C=S) groups is 2. The molecule has 0 aliphatic heterocycles. The Labute approximate surface area is 135 Å². The van der Waals surface area contributed by atoms with Crippen LogP contribution < -0.4 is 0 Å². The Hall–Kier alpha value is -1.55. The minimum absolute atomic E-state index is 0. The maximum Gasteiger partial charge on any atom is 2.00 e. The first-order valence-corrected chi connectivity index (χ1v) is 5.18. The zero-order valence-corrected chi connectivity index (χ0v) is 13.2. The number of hydrogen-bond acceptors (Lipinski definition) is 6. The van der Waals surface area contributed by atoms with Crippen LogP contribution in [0.25, 0.3) is 22.5 Å². The van der Waals surface area contributed by atoms with Crippen LogP contribution in [0.4, 0.5) is 0 Å². The van der Waals surface area contributed by atoms with Crippen molar-refractivity contribution in [2.45, 2.75) is 0 Å². The molecule has 19 heavy (non-hydrogen) atoms. The first kappa shape index (κ1) is 19.8. The number of hydrogen-bond donors (Lipinski definition) is 0. The Morgan fingerprint density at radius 1 is 0.737 bits per heavy atom. The molecule has 9 heteroatoms. The predicted molar refractivity (Wildman–Crippen MR) is 75.0 cm³/mol. The molecule has 0 saturated carbocycles. The average molecular weight is 469 g/mol. The molecule has 0 saturated heterocycles. The summed E-state index contributed by atoms with van der Waals surface area (Å²) in [6.45, 7) is 0. The van der Waals surface area contributed by atoms with Gasteiger partial charge in [0.25, 0.3) is 0 Å². The summed E-state index contributed by atoms with van der Waals surface area (Å²) in [4.78, 5) is 16.1. The Morgan fingerprint density at radius 2 is 0.947 bits per heavy atom. The van der Waals surface area contributed by atoms with E-state index in [1.54, 1.807) is 36.9 Å². The van der Waals surface area contributed by atoms with Crippen LogP contribution in [-0.2, 0) is 21.1 Å². The fourth-order valence-electron chi connectivity index (χ4n) is 0.829. The van der Waals surface area contributed by atoms with E-state index in [4.69, 9.17) is 10.8 Å². The molecule has 0 aliphatic rings. The molecule has 0 unspecified atom stereocenters. The summed E-state index contributed by atoms with van der Waals surface area (Å²) in [6, 6.07) is 3.51. The molecular formula is C10H6N6PtS2. The van der Waals surface area contributed by atoms with Crippen LogP contribution in [0.3, 0.4) is 0 Å². The van der Waals surface area contributed by atoms with Gasteiger partial charge in [-0.15, -0.1) is 0 Å². The average Bonchev–Trinajstić information content (AvgIpc) is 2.43. The molecule has 2 aromatic rings. The molecule has 2 heterocycles. The summed E-state index contributed by atoms with van der Waals surface area (Å²) in [6.07, 6.45) is 6.66. The summed E-state index contributed by atoms with van der Waals surface area (Å²) in [5.74, 6) is 1.11. The summed E-state index contributed by atoms with van der Waals surface area (Å²) in [5, 5.41) is 16.9. The molecule has 98 valence electrons. The number of aromatic nitrogens is 4. The van der Waals surface area contributed by atoms with Gasteiger partial charge in [0.05, 0.1) is 0 Å². The van der Waals surface area contributed by atoms with E-state index >= 15 is 0 Å². The molecule has 0 aromatic carbocycles. The molecule has 0 bridgehead atoms. The molecule has 0 amide bonds. The van der Waals surface area contributed by atoms with E-state index in [-0.39, 0.29) is 21.1 Å². The summed E-state index contributed by atoms with van der Waals surface area (Å²) in [7, 11) is 0. The van der Waals surface area contributed by atoms with Crippen LogP contribution in [-0.4, -0.2) is 30.3 Å². The molecule has 0 fully saturated rings. The second-order valence-corrected chi connectivity index (χ2v) is 2.69. The van der Waals surface area contributed by atoms with E-state index in [0.29, 0.717) is 11.6 Å². The SMILES string of the molecule is [N-]=C=S.[N-]=C=S.[Pt+2].c1cnc(-c2ncccn2)nc1. The Kier molecular flexibility index (Phi) is 15.1. The molecule has 0 spiro atoms. The maximum atomic E-state index is 7.13. The third kappa shape index (κ3) is 10.1. The van der Waals surface area contributed by atoms with Gasteiger partial charge in [0.1, 0.15) is 0 Å². The summed E-state index contributed by atoms with van der Waals surface area (Å²) in [5.41, 5.74) is 0. The van der Waals surface area contributed by atoms with Gasteiger partial charge in [-0.2, -0.15) is 10.3 Å². The van der Waals surface area contributed by atoms with Crippen molar-refractivity contribution in [3.05, 3.63) is 47.7 Å². The van der Waals surface area contributed by atoms with Crippen LogP contribution >= 0.6 is 24.4 Å². The standard InChI is InChI=1S/C8H6N4.2CNS.Pt/c1-3-9-7(10-4-1)8-11-5-2-6-12-8;2*2-1-3;/h1-6H;;;/q;2*-1;+2. The van der Waals surface area contributed by atoms with E-state index in [0.717, 1.165) is 0 Å². The molecule has 6 nitrogen and oxygen atoms in total. The molecule has 0 radical (unpaired) electrons. The first-order chi connectivity index (χ1) is 8.79. The number of isothiocyanates is 2. The number of rotatable bonds is 1. The quantitative estimate of drug-likeness (QED) is 0.470. The van der Waals surface area contributed by atoms with Crippen molar-refractivity contribution in [2.24, 2.45) is 0 Å². The van der Waals surface area contributed by atoms with Crippen molar-refractivity contribution in [3.63, 3.8) is 0 Å². The van der Waals surface area contributed by atoms with Crippen molar-refractivity contribution in [1.29, 1.82) is 0 Å². The first-order valence-electron chi connectivity index (χ1n) is 4.37. The molecule has 0 atom stereocenters. The zero-order valence-electron chi connectivity index (χ0n) is 9.28. The third-order valence-corrected chi connectivity index (χ3v) is 1.33. The van der Waals surface area contributed by atoms with Gasteiger partial charge in [-0.1, -0.05) is 24.4 Å². The summed E-state index contributed by atoms with van der Waals surface area (Å²) >= 11 is 7.40. The van der Waals surface area contributed by atoms with Crippen LogP contribution in [0.15, 0.2) is 36.9 Å². The van der Waals surface area contributed by atoms with Crippen molar-refractivity contribution in [1.82, 2.24) is 19.9 Å². The minimum Gasteiger partial charge on any atom is -0.753 e. The topological polar surface area (TPSA) is 96.2 Å². The smallest absolute Gasteiger partial charge is 0.753 e. The van der Waals surface area contributed by atoms with Gasteiger partial charge in [0.15, 0.2) is 11.6 Å². The van der Waals surface area contributed by atoms with Gasteiger partial charge in [0.2, 0.25) is 0 Å². The zero-order chi connectivity index (χ0) is 13.6. The van der Waals surface area contributed by atoms with Gasteiger partial charge >= 0.3 is 21.1 Å². The Morgan fingerprint density at radius 3 is 1.16 bits per heavy atom. The van der Waals surface area contributed by atoms with Crippen LogP contribution in [0.5, 0.6) is 0 Å². The monoisotopic (exact) mass is 469 g/mol. The predicted octanol–water partition coefficient (Wildman–Crippen LogP) is 2.25. The molecule has 2 aromatic heterocycles. The largest absolute Gasteiger partial charge is 2.00 e. The van der Waals surface area contributed by atoms with Crippen LogP contribution in [0.1, 0.15) is 0 Å². The fraction of sp³-hybridized carbons (Fsp3) is 0. The Balaban J connectivity index is 0. The van der Waals surface area contributed by atoms with E-state index < -0.39 is 0 Å². The van der Waals surface area contributed by atoms with Crippen molar-refractivity contribution in [2.75, 3.05) is 0 Å². The third-order valence-electron chi connectivity index (χ3n) is 1.33. The molecular weight excluding hydrogens is 463 g/mol. The van der Waals surface area contributed by atoms with Gasteiger partial charge in [0, 0.05) is 24.8 Å². The van der Waals surface area contributed by atoms with Gasteiger partial charge in [-0.3, -0.25) is 0 Å². The normalized spacial score (nSPS) is 6.95. The van der Waals surface area contributed by atoms with Crippen molar-refractivity contribution < 1.29 is 21.1 Å². The molecule has 0 aliphatic carbocycles. The second-order valence-electron chi connectivity index (χ2n) is 2.33. The number of nitrogens with zero attached hydrogens (tertiary/aromatic N) is 6. The van der Waals surface area contributed by atoms with Gasteiger partial charge in [-0.25, -0.2) is 19.9 Å². The second kappa shape index (κ2) is 14.5. The summed E-state index contributed by atoms with van der Waals surface area (Å²) < 4.78 is 0. The molecule has 0 N–H and O–H groups in total. The van der Waals surface area contributed by atoms with E-state index in [1.807, 2.05) is 0 Å². The fourth-order valence-corrected chi connectivity index (χ4v) is 0.829. The van der Waals surface area contributed by atoms with E-state index in [2.05, 4.69) is 44.4 Å². The van der Waals surface area contributed by atoms with Crippen molar-refractivity contribution >= 4 is 34.8 Å².